The zero-order valence-corrected chi connectivity index (χ0v) is 11.1. The molecule has 0 saturated carbocycles. The second kappa shape index (κ2) is 5.56. The van der Waals surface area contributed by atoms with Gasteiger partial charge in [0.25, 0.3) is 5.91 Å². The van der Waals surface area contributed by atoms with Crippen molar-refractivity contribution < 1.29 is 19.2 Å². The van der Waals surface area contributed by atoms with Gasteiger partial charge in [-0.2, -0.15) is 0 Å². The Morgan fingerprint density at radius 1 is 1.25 bits per heavy atom. The van der Waals surface area contributed by atoms with Gasteiger partial charge in [0.2, 0.25) is 0 Å². The number of aromatic nitrogens is 1. The van der Waals surface area contributed by atoms with Crippen molar-refractivity contribution in [1.29, 1.82) is 0 Å². The summed E-state index contributed by atoms with van der Waals surface area (Å²) in [5.74, 6) is -1.29. The van der Waals surface area contributed by atoms with E-state index in [1.807, 2.05) is 0 Å². The molecular weight excluding hydrogens is 260 g/mol. The van der Waals surface area contributed by atoms with Crippen molar-refractivity contribution in [1.82, 2.24) is 10.5 Å². The molecule has 0 aliphatic heterocycles. The Labute approximate surface area is 115 Å². The number of hydrogen-bond donors (Lipinski definition) is 2. The summed E-state index contributed by atoms with van der Waals surface area (Å²) in [5, 5.41) is 15.4. The number of carboxylic acids is 1. The maximum atomic E-state index is 12.2. The van der Waals surface area contributed by atoms with E-state index in [1.165, 1.54) is 0 Å². The first-order valence-electron chi connectivity index (χ1n) is 6.02. The molecule has 6 nitrogen and oxygen atoms in total. The summed E-state index contributed by atoms with van der Waals surface area (Å²) in [4.78, 5) is 23.5. The molecule has 1 aromatic carbocycles. The van der Waals surface area contributed by atoms with Crippen LogP contribution in [0.4, 0.5) is 0 Å². The van der Waals surface area contributed by atoms with Gasteiger partial charge in [-0.05, 0) is 19.4 Å². The lowest BCUT2D eigenvalue weighted by Crippen LogP contribution is -2.34. The molecule has 2 aromatic rings. The van der Waals surface area contributed by atoms with Gasteiger partial charge < -0.3 is 14.9 Å². The van der Waals surface area contributed by atoms with Gasteiger partial charge in [-0.3, -0.25) is 4.79 Å². The van der Waals surface area contributed by atoms with Gasteiger partial charge in [-0.25, -0.2) is 4.79 Å². The molecule has 1 heterocycles. The average Bonchev–Trinajstić information content (AvgIpc) is 2.76. The van der Waals surface area contributed by atoms with Crippen molar-refractivity contribution >= 4 is 11.9 Å². The fourth-order valence-electron chi connectivity index (χ4n) is 1.94. The molecule has 0 aliphatic carbocycles. The molecule has 0 spiro atoms. The van der Waals surface area contributed by atoms with Crippen molar-refractivity contribution in [2.45, 2.75) is 19.9 Å². The number of benzene rings is 1. The maximum Gasteiger partial charge on any atom is 0.330 e. The third-order valence-corrected chi connectivity index (χ3v) is 2.92. The van der Waals surface area contributed by atoms with Crippen LogP contribution in [0, 0.1) is 13.8 Å². The van der Waals surface area contributed by atoms with E-state index in [0.29, 0.717) is 17.0 Å². The minimum Gasteiger partial charge on any atom is -0.479 e. The van der Waals surface area contributed by atoms with Gasteiger partial charge in [0.15, 0.2) is 6.04 Å². The van der Waals surface area contributed by atoms with Crippen LogP contribution in [-0.2, 0) is 4.79 Å². The highest BCUT2D eigenvalue weighted by Crippen LogP contribution is 2.17. The van der Waals surface area contributed by atoms with Gasteiger partial charge in [0, 0.05) is 0 Å². The molecule has 0 radical (unpaired) electrons. The van der Waals surface area contributed by atoms with Crippen LogP contribution in [0.2, 0.25) is 0 Å². The third-order valence-electron chi connectivity index (χ3n) is 2.92. The van der Waals surface area contributed by atoms with Gasteiger partial charge in [0.05, 0.1) is 5.69 Å². The Morgan fingerprint density at radius 2 is 1.90 bits per heavy atom. The molecule has 20 heavy (non-hydrogen) atoms. The molecule has 0 aliphatic rings. The lowest BCUT2D eigenvalue weighted by molar-refractivity contribution is -0.139. The van der Waals surface area contributed by atoms with E-state index in [1.54, 1.807) is 44.2 Å². The number of carboxylic acid groups (broad SMARTS) is 1. The molecular formula is C14H14N2O4. The minimum atomic E-state index is -1.13. The molecule has 1 amide bonds. The van der Waals surface area contributed by atoms with Gasteiger partial charge in [-0.1, -0.05) is 35.5 Å². The molecule has 0 saturated heterocycles. The predicted molar refractivity (Wildman–Crippen MR) is 70.3 cm³/mol. The fraction of sp³-hybridized carbons (Fsp3) is 0.214. The van der Waals surface area contributed by atoms with E-state index in [-0.39, 0.29) is 5.56 Å². The molecule has 0 bridgehead atoms. The summed E-state index contributed by atoms with van der Waals surface area (Å²) >= 11 is 0. The van der Waals surface area contributed by atoms with Gasteiger partial charge >= 0.3 is 5.97 Å². The molecule has 1 atom stereocenters. The Kier molecular flexibility index (Phi) is 3.84. The van der Waals surface area contributed by atoms with E-state index in [4.69, 9.17) is 4.52 Å². The molecule has 2 rings (SSSR count). The van der Waals surface area contributed by atoms with Gasteiger partial charge in [-0.15, -0.1) is 0 Å². The number of amides is 1. The molecule has 6 heteroatoms. The molecule has 1 aromatic heterocycles. The summed E-state index contributed by atoms with van der Waals surface area (Å²) in [6.07, 6.45) is 0. The highest BCUT2D eigenvalue weighted by molar-refractivity contribution is 5.98. The van der Waals surface area contributed by atoms with E-state index in [2.05, 4.69) is 10.5 Å². The number of aryl methyl sites for hydroxylation is 2. The number of rotatable bonds is 4. The monoisotopic (exact) mass is 274 g/mol. The maximum absolute atomic E-state index is 12.2. The summed E-state index contributed by atoms with van der Waals surface area (Å²) < 4.78 is 4.91. The SMILES string of the molecule is Cc1noc(C)c1C(=O)NC(C(=O)O)c1ccccc1. The van der Waals surface area contributed by atoms with Crippen molar-refractivity contribution in [3.63, 3.8) is 0 Å². The number of carbonyl (C=O) groups excluding carboxylic acids is 1. The van der Waals surface area contributed by atoms with E-state index >= 15 is 0 Å². The van der Waals surface area contributed by atoms with Crippen molar-refractivity contribution in [3.8, 4) is 0 Å². The molecule has 0 fully saturated rings. The normalized spacial score (nSPS) is 11.9. The molecule has 104 valence electrons. The summed E-state index contributed by atoms with van der Waals surface area (Å²) in [6.45, 7) is 3.23. The standard InChI is InChI=1S/C14H14N2O4/c1-8-11(9(2)20-16-8)13(17)15-12(14(18)19)10-6-4-3-5-7-10/h3-7,12H,1-2H3,(H,15,17)(H,18,19). The summed E-state index contributed by atoms with van der Waals surface area (Å²) in [7, 11) is 0. The predicted octanol–water partition coefficient (Wildman–Crippen LogP) is 1.85. The Bertz CT molecular complexity index is 614. The Balaban J connectivity index is 2.26. The lowest BCUT2D eigenvalue weighted by atomic mass is 10.1. The highest BCUT2D eigenvalue weighted by Gasteiger charge is 2.25. The summed E-state index contributed by atoms with van der Waals surface area (Å²) in [5.41, 5.74) is 1.20. The Hall–Kier alpha value is -2.63. The van der Waals surface area contributed by atoms with E-state index in [9.17, 15) is 14.7 Å². The third kappa shape index (κ3) is 2.69. The topological polar surface area (TPSA) is 92.4 Å². The van der Waals surface area contributed by atoms with Crippen LogP contribution in [-0.4, -0.2) is 22.1 Å². The number of aliphatic carboxylic acids is 1. The lowest BCUT2D eigenvalue weighted by Gasteiger charge is -2.14. The molecule has 2 N–H and O–H groups in total. The first-order valence-corrected chi connectivity index (χ1v) is 6.02. The van der Waals surface area contributed by atoms with Crippen molar-refractivity contribution in [2.75, 3.05) is 0 Å². The second-order valence-corrected chi connectivity index (χ2v) is 4.35. The highest BCUT2D eigenvalue weighted by atomic mass is 16.5. The second-order valence-electron chi connectivity index (χ2n) is 4.35. The summed E-state index contributed by atoms with van der Waals surface area (Å²) in [6, 6.07) is 7.38. The smallest absolute Gasteiger partial charge is 0.330 e. The number of hydrogen-bond acceptors (Lipinski definition) is 4. The van der Waals surface area contributed by atoms with Crippen LogP contribution in [0.3, 0.4) is 0 Å². The van der Waals surface area contributed by atoms with Gasteiger partial charge in [0.1, 0.15) is 11.3 Å². The quantitative estimate of drug-likeness (QED) is 0.887. The fourth-order valence-corrected chi connectivity index (χ4v) is 1.94. The molecule has 1 unspecified atom stereocenters. The van der Waals surface area contributed by atoms with Crippen LogP contribution in [0.5, 0.6) is 0 Å². The number of nitrogens with zero attached hydrogens (tertiary/aromatic N) is 1. The first kappa shape index (κ1) is 13.8. The van der Waals surface area contributed by atoms with Crippen LogP contribution < -0.4 is 5.32 Å². The van der Waals surface area contributed by atoms with Crippen LogP contribution in [0.15, 0.2) is 34.9 Å². The Morgan fingerprint density at radius 3 is 2.40 bits per heavy atom. The number of nitrogens with one attached hydrogen (secondary N) is 1. The first-order chi connectivity index (χ1) is 9.50. The van der Waals surface area contributed by atoms with Crippen LogP contribution in [0.25, 0.3) is 0 Å². The average molecular weight is 274 g/mol. The largest absolute Gasteiger partial charge is 0.479 e. The zero-order chi connectivity index (χ0) is 14.7. The van der Waals surface area contributed by atoms with E-state index < -0.39 is 17.9 Å². The van der Waals surface area contributed by atoms with Crippen LogP contribution >= 0.6 is 0 Å². The zero-order valence-electron chi connectivity index (χ0n) is 11.1. The van der Waals surface area contributed by atoms with Crippen LogP contribution in [0.1, 0.15) is 33.4 Å². The number of carbonyl (C=O) groups is 2. The minimum absolute atomic E-state index is 0.271. The van der Waals surface area contributed by atoms with E-state index in [0.717, 1.165) is 0 Å². The van der Waals surface area contributed by atoms with Crippen molar-refractivity contribution in [2.24, 2.45) is 0 Å². The van der Waals surface area contributed by atoms with Crippen molar-refractivity contribution in [3.05, 3.63) is 52.9 Å².